The number of nitrogens with one attached hydrogen (secondary N) is 1. The smallest absolute Gasteiger partial charge is 0.254 e. The third kappa shape index (κ3) is 4.86. The number of nitrogens with zero attached hydrogens (tertiary/aromatic N) is 2. The molecule has 1 amide bonds. The molecule has 0 fully saturated rings. The van der Waals surface area contributed by atoms with Crippen molar-refractivity contribution in [3.8, 4) is 0 Å². The minimum atomic E-state index is -4.17. The number of sulfonamides is 1. The predicted octanol–water partition coefficient (Wildman–Crippen LogP) is 3.11. The van der Waals surface area contributed by atoms with Gasteiger partial charge in [-0.15, -0.1) is 0 Å². The highest BCUT2D eigenvalue weighted by atomic mass is 35.5. The SMILES string of the molecule is Cc1ccc(C(Cn2ccnc2)NC(=O)c2cc(S(N)(=O)=O)cc(Cl)c2F)c(C)c1. The van der Waals surface area contributed by atoms with E-state index in [0.717, 1.165) is 28.8 Å². The molecule has 158 valence electrons. The van der Waals surface area contributed by atoms with Gasteiger partial charge in [-0.05, 0) is 37.1 Å². The maximum atomic E-state index is 14.5. The third-order valence-corrected chi connectivity index (χ3v) is 5.80. The van der Waals surface area contributed by atoms with Crippen LogP contribution in [0, 0.1) is 19.7 Å². The molecule has 1 aromatic heterocycles. The molecule has 0 saturated heterocycles. The van der Waals surface area contributed by atoms with Crippen molar-refractivity contribution in [2.45, 2.75) is 31.3 Å². The van der Waals surface area contributed by atoms with Crippen LogP contribution in [-0.2, 0) is 16.6 Å². The Morgan fingerprint density at radius 3 is 2.63 bits per heavy atom. The highest BCUT2D eigenvalue weighted by molar-refractivity contribution is 7.89. The molecule has 10 heteroatoms. The minimum absolute atomic E-state index is 0.333. The summed E-state index contributed by atoms with van der Waals surface area (Å²) in [6.07, 6.45) is 4.94. The van der Waals surface area contributed by atoms with Crippen LogP contribution in [0.3, 0.4) is 0 Å². The van der Waals surface area contributed by atoms with E-state index in [9.17, 15) is 17.6 Å². The van der Waals surface area contributed by atoms with Gasteiger partial charge in [0.15, 0.2) is 5.82 Å². The van der Waals surface area contributed by atoms with Gasteiger partial charge < -0.3 is 9.88 Å². The summed E-state index contributed by atoms with van der Waals surface area (Å²) in [5.74, 6) is -1.84. The van der Waals surface area contributed by atoms with Crippen molar-refractivity contribution in [1.29, 1.82) is 0 Å². The molecular formula is C20H20ClFN4O3S. The topological polar surface area (TPSA) is 107 Å². The number of halogens is 2. The van der Waals surface area contributed by atoms with Crippen molar-refractivity contribution >= 4 is 27.5 Å². The molecule has 3 N–H and O–H groups in total. The zero-order chi connectivity index (χ0) is 22.1. The average Bonchev–Trinajstić information content (AvgIpc) is 3.15. The van der Waals surface area contributed by atoms with E-state index < -0.39 is 43.3 Å². The number of benzene rings is 2. The number of aryl methyl sites for hydroxylation is 2. The van der Waals surface area contributed by atoms with Gasteiger partial charge in [-0.3, -0.25) is 4.79 Å². The van der Waals surface area contributed by atoms with Crippen LogP contribution >= 0.6 is 11.6 Å². The Balaban J connectivity index is 2.00. The van der Waals surface area contributed by atoms with E-state index in [2.05, 4.69) is 10.3 Å². The lowest BCUT2D eigenvalue weighted by Gasteiger charge is -2.22. The number of carbonyl (C=O) groups is 1. The maximum absolute atomic E-state index is 14.5. The maximum Gasteiger partial charge on any atom is 0.254 e. The normalized spacial score (nSPS) is 12.6. The first-order valence-corrected chi connectivity index (χ1v) is 10.8. The number of amides is 1. The molecule has 1 unspecified atom stereocenters. The molecular weight excluding hydrogens is 431 g/mol. The van der Waals surface area contributed by atoms with Crippen LogP contribution in [-0.4, -0.2) is 23.9 Å². The Kier molecular flexibility index (Phi) is 6.25. The van der Waals surface area contributed by atoms with E-state index in [4.69, 9.17) is 16.7 Å². The van der Waals surface area contributed by atoms with Gasteiger partial charge in [0.1, 0.15) is 0 Å². The number of carbonyl (C=O) groups excluding carboxylic acids is 1. The number of aromatic nitrogens is 2. The fourth-order valence-corrected chi connectivity index (χ4v) is 4.02. The highest BCUT2D eigenvalue weighted by Crippen LogP contribution is 2.25. The first-order chi connectivity index (χ1) is 14.1. The molecule has 7 nitrogen and oxygen atoms in total. The third-order valence-electron chi connectivity index (χ3n) is 4.63. The van der Waals surface area contributed by atoms with E-state index in [1.807, 2.05) is 32.0 Å². The van der Waals surface area contributed by atoms with Gasteiger partial charge in [-0.2, -0.15) is 0 Å². The molecule has 0 aliphatic carbocycles. The molecule has 2 aromatic carbocycles. The van der Waals surface area contributed by atoms with Crippen molar-refractivity contribution in [3.63, 3.8) is 0 Å². The number of rotatable bonds is 6. The zero-order valence-electron chi connectivity index (χ0n) is 16.3. The highest BCUT2D eigenvalue weighted by Gasteiger charge is 2.24. The summed E-state index contributed by atoms with van der Waals surface area (Å²) in [6, 6.07) is 6.98. The molecule has 30 heavy (non-hydrogen) atoms. The molecule has 1 atom stereocenters. The summed E-state index contributed by atoms with van der Waals surface area (Å²) in [7, 11) is -4.17. The van der Waals surface area contributed by atoms with Gasteiger partial charge in [0, 0.05) is 18.9 Å². The summed E-state index contributed by atoms with van der Waals surface area (Å²) in [6.45, 7) is 4.20. The van der Waals surface area contributed by atoms with Gasteiger partial charge in [0.2, 0.25) is 10.0 Å². The molecule has 3 rings (SSSR count). The molecule has 1 heterocycles. The number of hydrogen-bond donors (Lipinski definition) is 2. The molecule has 0 aliphatic heterocycles. The summed E-state index contributed by atoms with van der Waals surface area (Å²) >= 11 is 5.79. The van der Waals surface area contributed by atoms with Crippen LogP contribution in [0.2, 0.25) is 5.02 Å². The Morgan fingerprint density at radius 2 is 2.03 bits per heavy atom. The molecule has 0 bridgehead atoms. The molecule has 0 aliphatic rings. The van der Waals surface area contributed by atoms with E-state index in [1.54, 1.807) is 23.3 Å². The number of nitrogens with two attached hydrogens (primary N) is 1. The van der Waals surface area contributed by atoms with Crippen LogP contribution in [0.4, 0.5) is 4.39 Å². The summed E-state index contributed by atoms with van der Waals surface area (Å²) < 4.78 is 39.6. The van der Waals surface area contributed by atoms with Crippen molar-refractivity contribution < 1.29 is 17.6 Å². The van der Waals surface area contributed by atoms with Crippen molar-refractivity contribution in [3.05, 3.63) is 82.1 Å². The van der Waals surface area contributed by atoms with E-state index >= 15 is 0 Å². The second-order valence-corrected chi connectivity index (χ2v) is 8.93. The number of primary sulfonamides is 1. The lowest BCUT2D eigenvalue weighted by Crippen LogP contribution is -2.32. The Labute approximate surface area is 178 Å². The second-order valence-electron chi connectivity index (χ2n) is 6.96. The van der Waals surface area contributed by atoms with E-state index in [0.29, 0.717) is 6.54 Å². The van der Waals surface area contributed by atoms with Gasteiger partial charge >= 0.3 is 0 Å². The first kappa shape index (κ1) is 21.9. The molecule has 0 saturated carbocycles. The molecule has 0 radical (unpaired) electrons. The van der Waals surface area contributed by atoms with Crippen molar-refractivity contribution in [2.24, 2.45) is 5.14 Å². The largest absolute Gasteiger partial charge is 0.343 e. The van der Waals surface area contributed by atoms with E-state index in [1.165, 1.54) is 0 Å². The summed E-state index contributed by atoms with van der Waals surface area (Å²) in [5, 5.41) is 7.37. The summed E-state index contributed by atoms with van der Waals surface area (Å²) in [5.41, 5.74) is 2.32. The van der Waals surface area contributed by atoms with Crippen molar-refractivity contribution in [2.75, 3.05) is 0 Å². The van der Waals surface area contributed by atoms with E-state index in [-0.39, 0.29) is 0 Å². The average molecular weight is 451 g/mol. The van der Waals surface area contributed by atoms with Gasteiger partial charge in [-0.25, -0.2) is 22.9 Å². The monoisotopic (exact) mass is 450 g/mol. The van der Waals surface area contributed by atoms with Crippen LogP contribution in [0.15, 0.2) is 53.9 Å². The fraction of sp³-hybridized carbons (Fsp3) is 0.200. The Morgan fingerprint density at radius 1 is 1.30 bits per heavy atom. The van der Waals surface area contributed by atoms with Gasteiger partial charge in [0.05, 0.1) is 27.9 Å². The summed E-state index contributed by atoms with van der Waals surface area (Å²) in [4.78, 5) is 16.5. The van der Waals surface area contributed by atoms with Crippen LogP contribution in [0.25, 0.3) is 0 Å². The minimum Gasteiger partial charge on any atom is -0.343 e. The molecule has 3 aromatic rings. The van der Waals surface area contributed by atoms with Gasteiger partial charge in [0.25, 0.3) is 5.91 Å². The lowest BCUT2D eigenvalue weighted by atomic mass is 9.98. The fourth-order valence-electron chi connectivity index (χ4n) is 3.17. The second kappa shape index (κ2) is 8.55. The standard InChI is InChI=1S/C20H20ClFN4O3S/c1-12-3-4-15(13(2)7-12)18(10-26-6-5-24-11-26)25-20(27)16-8-14(30(23,28)29)9-17(21)19(16)22/h3-9,11,18H,10H2,1-2H3,(H,25,27)(H2,23,28,29). The Hall–Kier alpha value is -2.75. The Bertz CT molecular complexity index is 1200. The van der Waals surface area contributed by atoms with Gasteiger partial charge in [-0.1, -0.05) is 35.4 Å². The number of imidazole rings is 1. The molecule has 0 spiro atoms. The van der Waals surface area contributed by atoms with Crippen LogP contribution in [0.1, 0.15) is 33.1 Å². The van der Waals surface area contributed by atoms with Crippen molar-refractivity contribution in [1.82, 2.24) is 14.9 Å². The predicted molar refractivity (Wildman–Crippen MR) is 111 cm³/mol. The lowest BCUT2D eigenvalue weighted by molar-refractivity contribution is 0.0928. The number of hydrogen-bond acceptors (Lipinski definition) is 4. The van der Waals surface area contributed by atoms with Crippen LogP contribution in [0.5, 0.6) is 0 Å². The first-order valence-electron chi connectivity index (χ1n) is 8.92. The quantitative estimate of drug-likeness (QED) is 0.601. The zero-order valence-corrected chi connectivity index (χ0v) is 17.8. The van der Waals surface area contributed by atoms with Crippen LogP contribution < -0.4 is 10.5 Å².